The number of halogens is 1. The van der Waals surface area contributed by atoms with Crippen molar-refractivity contribution in [2.45, 2.75) is 0 Å². The average Bonchev–Trinajstić information content (AvgIpc) is 0.722. The third-order valence-corrected chi connectivity index (χ3v) is 0. The van der Waals surface area contributed by atoms with Gasteiger partial charge in [0.1, 0.15) is 0 Å². The molecule has 2 nitrogen and oxygen atoms in total. The first-order valence-corrected chi connectivity index (χ1v) is 1.60. The lowest BCUT2D eigenvalue weighted by atomic mass is 10.9. The zero-order valence-electron chi connectivity index (χ0n) is 4.43. The van der Waals surface area contributed by atoms with Crippen molar-refractivity contribution in [2.75, 3.05) is 21.1 Å². The summed E-state index contributed by atoms with van der Waals surface area (Å²) in [5, 5.41) is 0. The van der Waals surface area contributed by atoms with Gasteiger partial charge in [-0.1, -0.05) is 0 Å². The van der Waals surface area contributed by atoms with Gasteiger partial charge in [0.05, 0.1) is 21.1 Å². The van der Waals surface area contributed by atoms with Gasteiger partial charge in [-0.25, -0.2) is 0 Å². The largest absolute Gasteiger partial charge is 0.255 e. The fourth-order valence-electron chi connectivity index (χ4n) is 0. The summed E-state index contributed by atoms with van der Waals surface area (Å²) in [5.41, 5.74) is 0. The highest BCUT2D eigenvalue weighted by Crippen LogP contribution is 1.65. The van der Waals surface area contributed by atoms with E-state index in [0.29, 0.717) is 4.59 Å². The number of rotatable bonds is 0. The van der Waals surface area contributed by atoms with Crippen molar-refractivity contribution >= 4 is 12.4 Å². The van der Waals surface area contributed by atoms with Gasteiger partial charge >= 0.3 is 0 Å². The van der Waals surface area contributed by atoms with Gasteiger partial charge in [0.2, 0.25) is 0 Å². The molecule has 0 aromatic rings. The summed E-state index contributed by atoms with van der Waals surface area (Å²) in [6.45, 7) is 0. The van der Waals surface area contributed by atoms with E-state index in [1.165, 1.54) is 0 Å². The first kappa shape index (κ1) is 9.51. The van der Waals surface area contributed by atoms with Gasteiger partial charge in [-0.2, -0.15) is 5.84 Å². The van der Waals surface area contributed by atoms with E-state index in [2.05, 4.69) is 0 Å². The van der Waals surface area contributed by atoms with Crippen LogP contribution < -0.4 is 5.84 Å². The molecule has 0 aliphatic heterocycles. The maximum absolute atomic E-state index is 5.29. The highest BCUT2D eigenvalue weighted by Gasteiger charge is 1.89. The number of hydrogen-bond donors (Lipinski definition) is 1. The molecule has 0 saturated carbocycles. The Balaban J connectivity index is 0. The number of hydrogen-bond acceptors (Lipinski definition) is 1. The predicted molar refractivity (Wildman–Crippen MR) is 29.5 cm³/mol. The van der Waals surface area contributed by atoms with Crippen LogP contribution in [0.5, 0.6) is 0 Å². The second-order valence-corrected chi connectivity index (χ2v) is 2.12. The van der Waals surface area contributed by atoms with Crippen molar-refractivity contribution in [1.82, 2.24) is 0 Å². The summed E-state index contributed by atoms with van der Waals surface area (Å²) in [7, 11) is 5.71. The predicted octanol–water partition coefficient (Wildman–Crippen LogP) is -0.0119. The minimum atomic E-state index is 0. The summed E-state index contributed by atoms with van der Waals surface area (Å²) in [5.74, 6) is 5.29. The Labute approximate surface area is 44.9 Å². The van der Waals surface area contributed by atoms with Gasteiger partial charge in [0, 0.05) is 0 Å². The molecule has 0 fully saturated rings. The highest BCUT2D eigenvalue weighted by molar-refractivity contribution is 5.85. The maximum atomic E-state index is 5.29. The fourth-order valence-corrected chi connectivity index (χ4v) is 0. The standard InChI is InChI=1S/C3H11N2.ClH/c1-5(2,3)4;/h4H2,1-3H3;1H/q+1;. The van der Waals surface area contributed by atoms with E-state index in [1.54, 1.807) is 0 Å². The first-order chi connectivity index (χ1) is 2.00. The lowest BCUT2D eigenvalue weighted by molar-refractivity contribution is -0.882. The summed E-state index contributed by atoms with van der Waals surface area (Å²) in [6, 6.07) is 0. The van der Waals surface area contributed by atoms with E-state index < -0.39 is 0 Å². The second-order valence-electron chi connectivity index (χ2n) is 2.12. The summed E-state index contributed by atoms with van der Waals surface area (Å²) < 4.78 is 0.500. The van der Waals surface area contributed by atoms with Crippen LogP contribution in [0.3, 0.4) is 0 Å². The monoisotopic (exact) mass is 111 g/mol. The number of quaternary nitrogens is 1. The van der Waals surface area contributed by atoms with Gasteiger partial charge in [-0.05, 0) is 0 Å². The van der Waals surface area contributed by atoms with Crippen molar-refractivity contribution in [3.8, 4) is 0 Å². The molecule has 0 saturated heterocycles. The van der Waals surface area contributed by atoms with Gasteiger partial charge in [0.15, 0.2) is 0 Å². The molecule has 40 valence electrons. The molecule has 0 unspecified atom stereocenters. The Kier molecular flexibility index (Phi) is 3.80. The van der Waals surface area contributed by atoms with Crippen LogP contribution in [-0.4, -0.2) is 25.7 Å². The molecule has 0 aromatic carbocycles. The molecule has 0 radical (unpaired) electrons. The van der Waals surface area contributed by atoms with Crippen LogP contribution in [-0.2, 0) is 0 Å². The molecule has 2 N–H and O–H groups in total. The van der Waals surface area contributed by atoms with Crippen molar-refractivity contribution < 1.29 is 4.59 Å². The van der Waals surface area contributed by atoms with Crippen molar-refractivity contribution in [1.29, 1.82) is 0 Å². The molecule has 0 aliphatic carbocycles. The summed E-state index contributed by atoms with van der Waals surface area (Å²) >= 11 is 0. The molecule has 0 spiro atoms. The SMILES string of the molecule is C[N+](C)(C)N.Cl. The highest BCUT2D eigenvalue weighted by atomic mass is 35.5. The van der Waals surface area contributed by atoms with Crippen LogP contribution in [0.1, 0.15) is 0 Å². The smallest absolute Gasteiger partial charge is 0.0851 e. The molecule has 0 atom stereocenters. The molecule has 6 heavy (non-hydrogen) atoms. The average molecular weight is 112 g/mol. The first-order valence-electron chi connectivity index (χ1n) is 1.60. The Morgan fingerprint density at radius 3 is 1.17 bits per heavy atom. The summed E-state index contributed by atoms with van der Waals surface area (Å²) in [6.07, 6.45) is 0. The molecule has 0 aliphatic rings. The third kappa shape index (κ3) is 984. The topological polar surface area (TPSA) is 26.0 Å². The third-order valence-electron chi connectivity index (χ3n) is 0. The van der Waals surface area contributed by atoms with Crippen LogP contribution in [0.2, 0.25) is 0 Å². The maximum Gasteiger partial charge on any atom is 0.0851 e. The van der Waals surface area contributed by atoms with Crippen LogP contribution in [0.15, 0.2) is 0 Å². The molecule has 0 heterocycles. The number of nitrogens with two attached hydrogens (primary N) is 1. The molecule has 0 bridgehead atoms. The van der Waals surface area contributed by atoms with Gasteiger partial charge < -0.3 is 0 Å². The van der Waals surface area contributed by atoms with Gasteiger partial charge in [-0.3, -0.25) is 4.59 Å². The van der Waals surface area contributed by atoms with E-state index in [9.17, 15) is 0 Å². The quantitative estimate of drug-likeness (QED) is 0.266. The molecular formula is C3H12ClN2+. The zero-order chi connectivity index (χ0) is 4.50. The fraction of sp³-hybridized carbons (Fsp3) is 1.00. The van der Waals surface area contributed by atoms with Crippen LogP contribution in [0.25, 0.3) is 0 Å². The number of nitrogens with zero attached hydrogens (tertiary/aromatic N) is 1. The van der Waals surface area contributed by atoms with E-state index in [0.717, 1.165) is 0 Å². The van der Waals surface area contributed by atoms with E-state index >= 15 is 0 Å². The lowest BCUT2D eigenvalue weighted by Crippen LogP contribution is -2.41. The molecular weight excluding hydrogens is 99.5 g/mol. The van der Waals surface area contributed by atoms with Crippen molar-refractivity contribution in [3.05, 3.63) is 0 Å². The normalized spacial score (nSPS) is 10.0. The Morgan fingerprint density at radius 2 is 1.17 bits per heavy atom. The van der Waals surface area contributed by atoms with E-state index in [-0.39, 0.29) is 12.4 Å². The van der Waals surface area contributed by atoms with Gasteiger partial charge in [0.25, 0.3) is 0 Å². The van der Waals surface area contributed by atoms with Crippen LogP contribution in [0.4, 0.5) is 0 Å². The Hall–Kier alpha value is 0.210. The lowest BCUT2D eigenvalue weighted by Gasteiger charge is -2.12. The second kappa shape index (κ2) is 2.39. The van der Waals surface area contributed by atoms with E-state index in [4.69, 9.17) is 5.84 Å². The van der Waals surface area contributed by atoms with Crippen LogP contribution in [0, 0.1) is 0 Å². The molecule has 3 heteroatoms. The molecule has 0 aromatic heterocycles. The van der Waals surface area contributed by atoms with Gasteiger partial charge in [-0.15, -0.1) is 12.4 Å². The molecule has 0 amide bonds. The Morgan fingerprint density at radius 1 is 1.17 bits per heavy atom. The summed E-state index contributed by atoms with van der Waals surface area (Å²) in [4.78, 5) is 0. The minimum Gasteiger partial charge on any atom is -0.255 e. The minimum absolute atomic E-state index is 0. The zero-order valence-corrected chi connectivity index (χ0v) is 5.25. The van der Waals surface area contributed by atoms with E-state index in [1.807, 2.05) is 21.1 Å². The van der Waals surface area contributed by atoms with Crippen molar-refractivity contribution in [3.63, 3.8) is 0 Å². The van der Waals surface area contributed by atoms with Crippen molar-refractivity contribution in [2.24, 2.45) is 5.84 Å². The van der Waals surface area contributed by atoms with Crippen LogP contribution >= 0.6 is 12.4 Å². The Bertz CT molecular complexity index is 24.3. The molecule has 0 rings (SSSR count).